The Hall–Kier alpha value is -1.93. The molecule has 0 spiro atoms. The highest BCUT2D eigenvalue weighted by molar-refractivity contribution is 7.10. The Morgan fingerprint density at radius 1 is 1.55 bits per heavy atom. The highest BCUT2D eigenvalue weighted by atomic mass is 32.1. The standard InChI is InChI=1S/C14H18N4O3S/c1-3-11-16-13(21-18-11)17-12(19)15-8-14(2)9-5-7-22-10(9)4-6-20-14/h5,7H,3-4,6,8H2,1-2H3,(H2,15,16,17,18,19). The lowest BCUT2D eigenvalue weighted by Gasteiger charge is -2.34. The van der Waals surface area contributed by atoms with Crippen LogP contribution in [0.5, 0.6) is 0 Å². The monoisotopic (exact) mass is 322 g/mol. The second-order valence-corrected chi connectivity index (χ2v) is 6.26. The molecule has 118 valence electrons. The van der Waals surface area contributed by atoms with Gasteiger partial charge in [0.15, 0.2) is 5.82 Å². The molecule has 3 rings (SSSR count). The van der Waals surface area contributed by atoms with Gasteiger partial charge < -0.3 is 14.6 Å². The van der Waals surface area contributed by atoms with E-state index in [0.717, 1.165) is 12.0 Å². The van der Waals surface area contributed by atoms with Crippen LogP contribution in [0.3, 0.4) is 0 Å². The van der Waals surface area contributed by atoms with E-state index in [9.17, 15) is 4.79 Å². The summed E-state index contributed by atoms with van der Waals surface area (Å²) in [7, 11) is 0. The van der Waals surface area contributed by atoms with Gasteiger partial charge in [0, 0.05) is 17.7 Å². The Morgan fingerprint density at radius 3 is 3.18 bits per heavy atom. The van der Waals surface area contributed by atoms with Gasteiger partial charge in [-0.05, 0) is 23.9 Å². The zero-order valence-electron chi connectivity index (χ0n) is 12.5. The Kier molecular flexibility index (Phi) is 4.12. The molecule has 1 unspecified atom stereocenters. The van der Waals surface area contributed by atoms with Crippen molar-refractivity contribution < 1.29 is 14.1 Å². The van der Waals surface area contributed by atoms with Crippen LogP contribution in [-0.2, 0) is 23.2 Å². The van der Waals surface area contributed by atoms with Crippen LogP contribution in [-0.4, -0.2) is 29.3 Å². The largest absolute Gasteiger partial charge is 0.368 e. The number of nitrogens with zero attached hydrogens (tertiary/aromatic N) is 2. The van der Waals surface area contributed by atoms with Gasteiger partial charge in [-0.25, -0.2) is 4.79 Å². The van der Waals surface area contributed by atoms with E-state index in [1.54, 1.807) is 11.3 Å². The van der Waals surface area contributed by atoms with Crippen molar-refractivity contribution in [1.82, 2.24) is 15.5 Å². The molecule has 2 aromatic rings. The van der Waals surface area contributed by atoms with E-state index in [1.165, 1.54) is 4.88 Å². The van der Waals surface area contributed by atoms with Crippen molar-refractivity contribution in [3.63, 3.8) is 0 Å². The minimum absolute atomic E-state index is 0.0975. The van der Waals surface area contributed by atoms with Crippen molar-refractivity contribution in [3.05, 3.63) is 27.7 Å². The van der Waals surface area contributed by atoms with Crippen molar-refractivity contribution in [2.75, 3.05) is 18.5 Å². The zero-order chi connectivity index (χ0) is 15.6. The smallest absolute Gasteiger partial charge is 0.329 e. The van der Waals surface area contributed by atoms with Gasteiger partial charge in [-0.1, -0.05) is 12.1 Å². The Labute approximate surface area is 132 Å². The Morgan fingerprint density at radius 2 is 2.41 bits per heavy atom. The number of carbonyl (C=O) groups is 1. The molecule has 22 heavy (non-hydrogen) atoms. The molecule has 2 N–H and O–H groups in total. The normalized spacial score (nSPS) is 20.5. The maximum atomic E-state index is 11.9. The van der Waals surface area contributed by atoms with E-state index >= 15 is 0 Å². The van der Waals surface area contributed by atoms with Gasteiger partial charge in [0.1, 0.15) is 5.60 Å². The van der Waals surface area contributed by atoms with Gasteiger partial charge in [0.05, 0.1) is 13.2 Å². The summed E-state index contributed by atoms with van der Waals surface area (Å²) >= 11 is 1.73. The van der Waals surface area contributed by atoms with Crippen molar-refractivity contribution in [2.45, 2.75) is 32.3 Å². The zero-order valence-corrected chi connectivity index (χ0v) is 13.3. The summed E-state index contributed by atoms with van der Waals surface area (Å²) in [6, 6.07) is 1.77. The first kappa shape index (κ1) is 15.0. The molecule has 1 aliphatic heterocycles. The quantitative estimate of drug-likeness (QED) is 0.901. The second kappa shape index (κ2) is 6.05. The maximum Gasteiger partial charge on any atom is 0.329 e. The first-order valence-electron chi connectivity index (χ1n) is 7.19. The van der Waals surface area contributed by atoms with Gasteiger partial charge in [0.25, 0.3) is 0 Å². The molecule has 0 bridgehead atoms. The first-order valence-corrected chi connectivity index (χ1v) is 8.07. The van der Waals surface area contributed by atoms with E-state index in [2.05, 4.69) is 32.2 Å². The van der Waals surface area contributed by atoms with Crippen LogP contribution in [0.4, 0.5) is 10.8 Å². The average Bonchev–Trinajstić information content (AvgIpc) is 3.15. The van der Waals surface area contributed by atoms with Crippen molar-refractivity contribution in [2.24, 2.45) is 0 Å². The Bertz CT molecular complexity index is 669. The Balaban J connectivity index is 1.59. The third kappa shape index (κ3) is 2.97. The summed E-state index contributed by atoms with van der Waals surface area (Å²) in [6.07, 6.45) is 1.58. The third-order valence-corrected chi connectivity index (χ3v) is 4.64. The summed E-state index contributed by atoms with van der Waals surface area (Å²) in [5, 5.41) is 11.1. The van der Waals surface area contributed by atoms with Gasteiger partial charge in [-0.15, -0.1) is 11.3 Å². The SMILES string of the molecule is CCc1noc(NC(=O)NCC2(C)OCCc3sccc32)n1. The predicted octanol–water partition coefficient (Wildman–Crippen LogP) is 2.30. The fourth-order valence-corrected chi connectivity index (χ4v) is 3.42. The minimum Gasteiger partial charge on any atom is -0.368 e. The van der Waals surface area contributed by atoms with Gasteiger partial charge in [-0.2, -0.15) is 4.98 Å². The minimum atomic E-state index is -0.506. The van der Waals surface area contributed by atoms with Gasteiger partial charge >= 0.3 is 12.0 Å². The number of hydrogen-bond acceptors (Lipinski definition) is 6. The molecule has 0 saturated heterocycles. The number of carbonyl (C=O) groups excluding carboxylic acids is 1. The summed E-state index contributed by atoms with van der Waals surface area (Å²) in [5.74, 6) is 0.556. The van der Waals surface area contributed by atoms with Crippen molar-refractivity contribution in [3.8, 4) is 0 Å². The van der Waals surface area contributed by atoms with Gasteiger partial charge in [0.2, 0.25) is 0 Å². The van der Waals surface area contributed by atoms with Crippen molar-refractivity contribution >= 4 is 23.4 Å². The lowest BCUT2D eigenvalue weighted by molar-refractivity contribution is -0.0416. The molecule has 3 heterocycles. The van der Waals surface area contributed by atoms with Crippen molar-refractivity contribution in [1.29, 1.82) is 0 Å². The van der Waals surface area contributed by atoms with Crippen LogP contribution in [0.25, 0.3) is 0 Å². The number of thiophene rings is 1. The number of rotatable bonds is 4. The summed E-state index contributed by atoms with van der Waals surface area (Å²) in [6.45, 7) is 4.93. The van der Waals surface area contributed by atoms with Crippen LogP contribution in [0.1, 0.15) is 30.1 Å². The molecule has 2 aromatic heterocycles. The molecule has 8 heteroatoms. The van der Waals surface area contributed by atoms with Crippen LogP contribution in [0.15, 0.2) is 16.0 Å². The number of fused-ring (bicyclic) bond motifs is 1. The summed E-state index contributed by atoms with van der Waals surface area (Å²) in [4.78, 5) is 17.3. The number of aryl methyl sites for hydroxylation is 1. The van der Waals surface area contributed by atoms with Crippen LogP contribution >= 0.6 is 11.3 Å². The molecule has 0 radical (unpaired) electrons. The molecule has 7 nitrogen and oxygen atoms in total. The molecule has 1 aliphatic rings. The summed E-state index contributed by atoms with van der Waals surface area (Å²) < 4.78 is 10.8. The number of hydrogen-bond donors (Lipinski definition) is 2. The fraction of sp³-hybridized carbons (Fsp3) is 0.500. The molecule has 2 amide bonds. The van der Waals surface area contributed by atoms with Crippen LogP contribution in [0, 0.1) is 0 Å². The highest BCUT2D eigenvalue weighted by Crippen LogP contribution is 2.35. The second-order valence-electron chi connectivity index (χ2n) is 5.26. The molecule has 1 atom stereocenters. The number of anilines is 1. The molecular weight excluding hydrogens is 304 g/mol. The highest BCUT2D eigenvalue weighted by Gasteiger charge is 2.34. The summed E-state index contributed by atoms with van der Waals surface area (Å²) in [5.41, 5.74) is 0.643. The van der Waals surface area contributed by atoms with E-state index in [0.29, 0.717) is 25.4 Å². The lowest BCUT2D eigenvalue weighted by Crippen LogP contribution is -2.44. The number of nitrogens with one attached hydrogen (secondary N) is 2. The topological polar surface area (TPSA) is 89.3 Å². The maximum absolute atomic E-state index is 11.9. The third-order valence-electron chi connectivity index (χ3n) is 3.66. The molecule has 0 aliphatic carbocycles. The van der Waals surface area contributed by atoms with Gasteiger partial charge in [-0.3, -0.25) is 5.32 Å². The molecular formula is C14H18N4O3S. The number of urea groups is 1. The van der Waals surface area contributed by atoms with Crippen LogP contribution < -0.4 is 10.6 Å². The molecule has 0 aromatic carbocycles. The van der Waals surface area contributed by atoms with E-state index < -0.39 is 11.6 Å². The first-order chi connectivity index (χ1) is 10.6. The molecule has 0 fully saturated rings. The predicted molar refractivity (Wildman–Crippen MR) is 82.0 cm³/mol. The average molecular weight is 322 g/mol. The lowest BCUT2D eigenvalue weighted by atomic mass is 9.93. The van der Waals surface area contributed by atoms with E-state index in [1.807, 2.05) is 13.8 Å². The van der Waals surface area contributed by atoms with Crippen LogP contribution in [0.2, 0.25) is 0 Å². The molecule has 0 saturated carbocycles. The number of aromatic nitrogens is 2. The fourth-order valence-electron chi connectivity index (χ4n) is 2.44. The number of ether oxygens (including phenoxy) is 1. The number of amides is 2. The van der Waals surface area contributed by atoms with E-state index in [4.69, 9.17) is 9.26 Å². The van der Waals surface area contributed by atoms with E-state index in [-0.39, 0.29) is 6.01 Å².